The van der Waals surface area contributed by atoms with E-state index >= 15 is 0 Å². The van der Waals surface area contributed by atoms with Crippen LogP contribution in [-0.2, 0) is 18.5 Å². The van der Waals surface area contributed by atoms with Crippen molar-refractivity contribution in [1.82, 2.24) is 34.9 Å². The quantitative estimate of drug-likeness (QED) is 0.398. The molecule has 0 unspecified atom stereocenters. The van der Waals surface area contributed by atoms with Gasteiger partial charge in [0.15, 0.2) is 5.65 Å². The van der Waals surface area contributed by atoms with Crippen LogP contribution in [0.5, 0.6) is 0 Å². The molecule has 1 saturated carbocycles. The third-order valence-corrected chi connectivity index (χ3v) is 7.12. The zero-order chi connectivity index (χ0) is 24.2. The fraction of sp³-hybridized carbons (Fsp3) is 0.385. The average Bonchev–Trinajstić information content (AvgIpc) is 3.68. The Balaban J connectivity index is 1.46. The van der Waals surface area contributed by atoms with Crippen LogP contribution in [0, 0.1) is 0 Å². The van der Waals surface area contributed by atoms with Crippen molar-refractivity contribution < 1.29 is 0 Å². The minimum absolute atomic E-state index is 0.0541. The molecule has 0 radical (unpaired) electrons. The van der Waals surface area contributed by atoms with Gasteiger partial charge in [0.25, 0.3) is 5.56 Å². The Kier molecular flexibility index (Phi) is 5.19. The fourth-order valence-corrected chi connectivity index (χ4v) is 4.66. The number of nitrogens with zero attached hydrogens (tertiary/aromatic N) is 5. The standard InChI is InChI=1S/C26H30N8O/c1-26(2,27-3)22-13-20(9-11-29-22)33-23-21(24(35)34(33)19-6-7-19)15-30-25(32-23)31-18-5-4-17-14-28-10-8-16(17)12-18/h4-5,9,11-13,15,19,27-28H,6-8,10,14H2,1-3H3,(H,30,31,32). The number of benzene rings is 1. The number of fused-ring (bicyclic) bond motifs is 2. The summed E-state index contributed by atoms with van der Waals surface area (Å²) < 4.78 is 3.78. The third kappa shape index (κ3) is 3.90. The lowest BCUT2D eigenvalue weighted by molar-refractivity contribution is 0.430. The Morgan fingerprint density at radius 2 is 1.97 bits per heavy atom. The summed E-state index contributed by atoms with van der Waals surface area (Å²) in [6.45, 7) is 6.05. The highest BCUT2D eigenvalue weighted by Gasteiger charge is 2.31. The maximum atomic E-state index is 13.4. The van der Waals surface area contributed by atoms with E-state index in [-0.39, 0.29) is 17.1 Å². The molecule has 180 valence electrons. The number of rotatable bonds is 6. The first-order chi connectivity index (χ1) is 16.9. The van der Waals surface area contributed by atoms with Crippen LogP contribution in [0.4, 0.5) is 11.6 Å². The van der Waals surface area contributed by atoms with E-state index in [0.717, 1.165) is 49.4 Å². The lowest BCUT2D eigenvalue weighted by atomic mass is 10.00. The molecule has 3 aromatic heterocycles. The number of aromatic nitrogens is 5. The topological polar surface area (TPSA) is 102 Å². The Morgan fingerprint density at radius 3 is 2.77 bits per heavy atom. The summed E-state index contributed by atoms with van der Waals surface area (Å²) in [5, 5.41) is 10.6. The van der Waals surface area contributed by atoms with E-state index in [9.17, 15) is 4.79 Å². The van der Waals surface area contributed by atoms with Gasteiger partial charge in [-0.25, -0.2) is 14.3 Å². The van der Waals surface area contributed by atoms with Gasteiger partial charge in [-0.2, -0.15) is 4.98 Å². The highest BCUT2D eigenvalue weighted by Crippen LogP contribution is 2.36. The van der Waals surface area contributed by atoms with Crippen LogP contribution in [0.2, 0.25) is 0 Å². The zero-order valence-electron chi connectivity index (χ0n) is 20.3. The zero-order valence-corrected chi connectivity index (χ0v) is 20.3. The molecule has 9 nitrogen and oxygen atoms in total. The van der Waals surface area contributed by atoms with Gasteiger partial charge in [-0.05, 0) is 82.1 Å². The summed E-state index contributed by atoms with van der Waals surface area (Å²) in [5.74, 6) is 0.470. The Bertz CT molecular complexity index is 1480. The highest BCUT2D eigenvalue weighted by molar-refractivity contribution is 5.77. The minimum atomic E-state index is -0.312. The number of pyridine rings is 1. The second kappa shape index (κ2) is 8.28. The third-order valence-electron chi connectivity index (χ3n) is 7.12. The van der Waals surface area contributed by atoms with E-state index in [1.165, 1.54) is 11.1 Å². The number of anilines is 2. The van der Waals surface area contributed by atoms with Gasteiger partial charge in [0.2, 0.25) is 5.95 Å². The maximum absolute atomic E-state index is 13.4. The van der Waals surface area contributed by atoms with Gasteiger partial charge >= 0.3 is 0 Å². The smallest absolute Gasteiger partial charge is 0.278 e. The summed E-state index contributed by atoms with van der Waals surface area (Å²) in [4.78, 5) is 27.3. The molecular formula is C26H30N8O. The van der Waals surface area contributed by atoms with E-state index in [0.29, 0.717) is 17.0 Å². The molecule has 1 aliphatic carbocycles. The molecule has 3 N–H and O–H groups in total. The largest absolute Gasteiger partial charge is 0.324 e. The first kappa shape index (κ1) is 21.9. The molecule has 35 heavy (non-hydrogen) atoms. The lowest BCUT2D eigenvalue weighted by Crippen LogP contribution is -2.34. The molecule has 0 bridgehead atoms. The molecule has 2 aliphatic rings. The van der Waals surface area contributed by atoms with E-state index in [1.807, 2.05) is 28.5 Å². The highest BCUT2D eigenvalue weighted by atomic mass is 16.1. The van der Waals surface area contributed by atoms with Crippen molar-refractivity contribution >= 4 is 22.7 Å². The molecule has 0 saturated heterocycles. The van der Waals surface area contributed by atoms with Crippen LogP contribution in [0.1, 0.15) is 49.6 Å². The summed E-state index contributed by atoms with van der Waals surface area (Å²) >= 11 is 0. The van der Waals surface area contributed by atoms with Crippen LogP contribution < -0.4 is 21.5 Å². The van der Waals surface area contributed by atoms with Crippen molar-refractivity contribution in [1.29, 1.82) is 0 Å². The van der Waals surface area contributed by atoms with Crippen molar-refractivity contribution in [2.24, 2.45) is 0 Å². The Morgan fingerprint density at radius 1 is 1.11 bits per heavy atom. The number of hydrogen-bond acceptors (Lipinski definition) is 7. The lowest BCUT2D eigenvalue weighted by Gasteiger charge is -2.24. The molecule has 1 aliphatic heterocycles. The van der Waals surface area contributed by atoms with Crippen molar-refractivity contribution in [3.8, 4) is 5.69 Å². The van der Waals surface area contributed by atoms with Crippen LogP contribution in [0.3, 0.4) is 0 Å². The number of nitrogens with one attached hydrogen (secondary N) is 3. The van der Waals surface area contributed by atoms with Crippen LogP contribution in [0.25, 0.3) is 16.7 Å². The SMILES string of the molecule is CNC(C)(C)c1cc(-n2c3nc(Nc4ccc5c(c4)CCNC5)ncc3c(=O)n2C2CC2)ccn1. The molecule has 9 heteroatoms. The predicted molar refractivity (Wildman–Crippen MR) is 136 cm³/mol. The molecule has 0 spiro atoms. The first-order valence-electron chi connectivity index (χ1n) is 12.2. The Hall–Kier alpha value is -3.56. The Labute approximate surface area is 203 Å². The van der Waals surface area contributed by atoms with Crippen molar-refractivity contribution in [2.45, 2.75) is 51.2 Å². The van der Waals surface area contributed by atoms with Gasteiger partial charge in [-0.15, -0.1) is 0 Å². The van der Waals surface area contributed by atoms with E-state index in [2.05, 4.69) is 58.0 Å². The van der Waals surface area contributed by atoms with E-state index in [4.69, 9.17) is 4.98 Å². The van der Waals surface area contributed by atoms with E-state index < -0.39 is 0 Å². The molecule has 0 atom stereocenters. The van der Waals surface area contributed by atoms with Gasteiger partial charge in [0, 0.05) is 24.6 Å². The van der Waals surface area contributed by atoms with Gasteiger partial charge < -0.3 is 16.0 Å². The van der Waals surface area contributed by atoms with Gasteiger partial charge in [-0.1, -0.05) is 6.07 Å². The summed E-state index contributed by atoms with van der Waals surface area (Å²) in [7, 11) is 1.92. The predicted octanol–water partition coefficient (Wildman–Crippen LogP) is 3.16. The normalized spacial score (nSPS) is 15.9. The molecule has 0 amide bonds. The van der Waals surface area contributed by atoms with Gasteiger partial charge in [0.05, 0.1) is 23.0 Å². The van der Waals surface area contributed by atoms with Gasteiger partial charge in [-0.3, -0.25) is 9.78 Å². The first-order valence-corrected chi connectivity index (χ1v) is 12.2. The maximum Gasteiger partial charge on any atom is 0.278 e. The molecule has 4 aromatic rings. The van der Waals surface area contributed by atoms with Crippen molar-refractivity contribution in [2.75, 3.05) is 18.9 Å². The van der Waals surface area contributed by atoms with Crippen LogP contribution in [0.15, 0.2) is 47.5 Å². The van der Waals surface area contributed by atoms with Crippen molar-refractivity contribution in [3.63, 3.8) is 0 Å². The fourth-order valence-electron chi connectivity index (χ4n) is 4.66. The van der Waals surface area contributed by atoms with E-state index in [1.54, 1.807) is 12.4 Å². The molecule has 4 heterocycles. The van der Waals surface area contributed by atoms with Crippen molar-refractivity contribution in [3.05, 3.63) is 69.9 Å². The average molecular weight is 471 g/mol. The van der Waals surface area contributed by atoms with Gasteiger partial charge in [0.1, 0.15) is 5.39 Å². The second-order valence-corrected chi connectivity index (χ2v) is 9.93. The van der Waals surface area contributed by atoms with Crippen LogP contribution >= 0.6 is 0 Å². The second-order valence-electron chi connectivity index (χ2n) is 9.93. The summed E-state index contributed by atoms with van der Waals surface area (Å²) in [6.07, 6.45) is 6.41. The van der Waals surface area contributed by atoms with Crippen LogP contribution in [-0.4, -0.2) is 37.9 Å². The monoisotopic (exact) mass is 470 g/mol. The molecular weight excluding hydrogens is 440 g/mol. The summed E-state index contributed by atoms with van der Waals surface area (Å²) in [6, 6.07) is 10.5. The molecule has 6 rings (SSSR count). The molecule has 1 fully saturated rings. The minimum Gasteiger partial charge on any atom is -0.324 e. The summed E-state index contributed by atoms with van der Waals surface area (Å²) in [5.41, 5.74) is 5.60. The molecule has 1 aromatic carbocycles. The number of hydrogen-bond donors (Lipinski definition) is 3.